The van der Waals surface area contributed by atoms with E-state index in [-0.39, 0.29) is 22.9 Å². The zero-order chi connectivity index (χ0) is 17.9. The minimum absolute atomic E-state index is 0.119. The number of carbonyl (C=O) groups is 1. The first-order valence-corrected chi connectivity index (χ1v) is 10.0. The first-order chi connectivity index (χ1) is 11.2. The van der Waals surface area contributed by atoms with E-state index in [2.05, 4.69) is 12.2 Å². The molecule has 0 aliphatic heterocycles. The van der Waals surface area contributed by atoms with Crippen molar-refractivity contribution in [1.29, 1.82) is 0 Å². The van der Waals surface area contributed by atoms with Crippen LogP contribution in [0.25, 0.3) is 0 Å². The van der Waals surface area contributed by atoms with Crippen LogP contribution in [0.5, 0.6) is 0 Å². The molecule has 2 atom stereocenters. The van der Waals surface area contributed by atoms with Crippen molar-refractivity contribution in [1.82, 2.24) is 9.62 Å². The van der Waals surface area contributed by atoms with Gasteiger partial charge in [-0.3, -0.25) is 4.79 Å². The highest BCUT2D eigenvalue weighted by Crippen LogP contribution is 2.24. The van der Waals surface area contributed by atoms with Crippen LogP contribution in [0.1, 0.15) is 56.8 Å². The van der Waals surface area contributed by atoms with Crippen LogP contribution in [0.3, 0.4) is 0 Å². The highest BCUT2D eigenvalue weighted by Gasteiger charge is 2.24. The van der Waals surface area contributed by atoms with Gasteiger partial charge in [-0.25, -0.2) is 8.42 Å². The molecule has 1 aliphatic rings. The minimum Gasteiger partial charge on any atom is -0.349 e. The molecule has 1 aliphatic carbocycles. The van der Waals surface area contributed by atoms with E-state index in [9.17, 15) is 13.2 Å². The molecule has 0 spiro atoms. The largest absolute Gasteiger partial charge is 0.349 e. The Kier molecular flexibility index (Phi) is 6.04. The van der Waals surface area contributed by atoms with Crippen molar-refractivity contribution >= 4 is 15.9 Å². The van der Waals surface area contributed by atoms with Gasteiger partial charge in [0.25, 0.3) is 5.91 Å². The second-order valence-electron chi connectivity index (χ2n) is 7.08. The van der Waals surface area contributed by atoms with E-state index >= 15 is 0 Å². The number of sulfonamides is 1. The highest BCUT2D eigenvalue weighted by atomic mass is 32.2. The van der Waals surface area contributed by atoms with Crippen molar-refractivity contribution in [2.24, 2.45) is 5.92 Å². The summed E-state index contributed by atoms with van der Waals surface area (Å²) < 4.78 is 26.2. The van der Waals surface area contributed by atoms with Gasteiger partial charge in [-0.2, -0.15) is 4.31 Å². The smallest absolute Gasteiger partial charge is 0.251 e. The monoisotopic (exact) mass is 352 g/mol. The topological polar surface area (TPSA) is 66.5 Å². The fourth-order valence-electron chi connectivity index (χ4n) is 3.06. The molecule has 0 heterocycles. The molecule has 1 fully saturated rings. The Morgan fingerprint density at radius 2 is 1.83 bits per heavy atom. The third-order valence-electron chi connectivity index (χ3n) is 4.79. The number of rotatable bonds is 5. The van der Waals surface area contributed by atoms with E-state index in [1.54, 1.807) is 19.2 Å². The molecule has 1 aromatic carbocycles. The normalized spacial score (nSPS) is 21.9. The molecule has 0 aromatic heterocycles. The summed E-state index contributed by atoms with van der Waals surface area (Å²) in [5.74, 6) is 0.512. The molecule has 24 heavy (non-hydrogen) atoms. The molecule has 0 radical (unpaired) electrons. The summed E-state index contributed by atoms with van der Waals surface area (Å²) in [6, 6.07) is 6.29. The van der Waals surface area contributed by atoms with Gasteiger partial charge in [-0.1, -0.05) is 19.8 Å². The third kappa shape index (κ3) is 4.36. The standard InChI is InChI=1S/C18H28N2O3S/c1-13(2)20(4)24(22,23)17-10-8-15(9-11-17)18(21)19-16-7-5-6-14(3)12-16/h8-11,13-14,16H,5-7,12H2,1-4H3,(H,19,21)/t14-,16+/m1/s1. The maximum atomic E-state index is 12.4. The van der Waals surface area contributed by atoms with Gasteiger partial charge in [-0.05, 0) is 56.9 Å². The van der Waals surface area contributed by atoms with Crippen molar-refractivity contribution in [3.8, 4) is 0 Å². The lowest BCUT2D eigenvalue weighted by atomic mass is 9.87. The van der Waals surface area contributed by atoms with Gasteiger partial charge in [0.15, 0.2) is 0 Å². The quantitative estimate of drug-likeness (QED) is 0.886. The second-order valence-corrected chi connectivity index (χ2v) is 9.08. The Morgan fingerprint density at radius 1 is 1.21 bits per heavy atom. The zero-order valence-electron chi connectivity index (χ0n) is 15.0. The van der Waals surface area contributed by atoms with E-state index in [4.69, 9.17) is 0 Å². The summed E-state index contributed by atoms with van der Waals surface area (Å²) in [5, 5.41) is 3.07. The maximum Gasteiger partial charge on any atom is 0.251 e. The zero-order valence-corrected chi connectivity index (χ0v) is 15.8. The Balaban J connectivity index is 2.07. The molecule has 5 nitrogen and oxygen atoms in total. The number of nitrogens with zero attached hydrogens (tertiary/aromatic N) is 1. The van der Waals surface area contributed by atoms with Crippen LogP contribution < -0.4 is 5.32 Å². The third-order valence-corrected chi connectivity index (χ3v) is 6.84. The summed E-state index contributed by atoms with van der Waals surface area (Å²) in [7, 11) is -1.95. The summed E-state index contributed by atoms with van der Waals surface area (Å²) in [5.41, 5.74) is 0.499. The van der Waals surface area contributed by atoms with Crippen molar-refractivity contribution in [2.45, 2.75) is 63.4 Å². The molecule has 0 saturated heterocycles. The van der Waals surface area contributed by atoms with E-state index in [1.165, 1.54) is 22.9 Å². The van der Waals surface area contributed by atoms with Crippen LogP contribution in [-0.2, 0) is 10.0 Å². The molecule has 0 bridgehead atoms. The number of hydrogen-bond acceptors (Lipinski definition) is 3. The van der Waals surface area contributed by atoms with Crippen LogP contribution in [-0.4, -0.2) is 37.8 Å². The minimum atomic E-state index is -3.51. The summed E-state index contributed by atoms with van der Waals surface area (Å²) >= 11 is 0. The van der Waals surface area contributed by atoms with Crippen LogP contribution in [0, 0.1) is 5.92 Å². The van der Waals surface area contributed by atoms with Crippen LogP contribution in [0.15, 0.2) is 29.2 Å². The predicted octanol–water partition coefficient (Wildman–Crippen LogP) is 3.02. The fraction of sp³-hybridized carbons (Fsp3) is 0.611. The molecular formula is C18H28N2O3S. The number of carbonyl (C=O) groups excluding carboxylic acids is 1. The number of amides is 1. The summed E-state index contributed by atoms with van der Waals surface area (Å²) in [6.07, 6.45) is 4.40. The maximum absolute atomic E-state index is 12.4. The Bertz CT molecular complexity index is 668. The second kappa shape index (κ2) is 7.66. The lowest BCUT2D eigenvalue weighted by molar-refractivity contribution is 0.0921. The van der Waals surface area contributed by atoms with Crippen LogP contribution in [0.4, 0.5) is 0 Å². The van der Waals surface area contributed by atoms with Crippen molar-refractivity contribution in [3.05, 3.63) is 29.8 Å². The average Bonchev–Trinajstić information content (AvgIpc) is 2.54. The molecule has 1 aromatic rings. The van der Waals surface area contributed by atoms with Gasteiger partial charge in [0.05, 0.1) is 4.90 Å². The van der Waals surface area contributed by atoms with E-state index < -0.39 is 10.0 Å². The van der Waals surface area contributed by atoms with Crippen molar-refractivity contribution in [2.75, 3.05) is 7.05 Å². The molecule has 1 amide bonds. The van der Waals surface area contributed by atoms with Gasteiger partial charge in [0.1, 0.15) is 0 Å². The number of nitrogens with one attached hydrogen (secondary N) is 1. The average molecular weight is 353 g/mol. The summed E-state index contributed by atoms with van der Waals surface area (Å²) in [6.45, 7) is 5.86. The van der Waals surface area contributed by atoms with E-state index in [0.29, 0.717) is 11.5 Å². The molecular weight excluding hydrogens is 324 g/mol. The molecule has 2 rings (SSSR count). The molecule has 6 heteroatoms. The SMILES string of the molecule is CC(C)N(C)S(=O)(=O)c1ccc(C(=O)N[C@H]2CCC[C@@H](C)C2)cc1. The van der Waals surface area contributed by atoms with Gasteiger partial charge < -0.3 is 5.32 Å². The van der Waals surface area contributed by atoms with Gasteiger partial charge >= 0.3 is 0 Å². The Labute approximate surface area is 145 Å². The number of benzene rings is 1. The Hall–Kier alpha value is -1.40. The van der Waals surface area contributed by atoms with Gasteiger partial charge in [0, 0.05) is 24.7 Å². The molecule has 1 N–H and O–H groups in total. The van der Waals surface area contributed by atoms with E-state index in [0.717, 1.165) is 19.3 Å². The fourth-order valence-corrected chi connectivity index (χ4v) is 4.42. The van der Waals surface area contributed by atoms with E-state index in [1.807, 2.05) is 13.8 Å². The van der Waals surface area contributed by atoms with Crippen molar-refractivity contribution < 1.29 is 13.2 Å². The molecule has 1 saturated carbocycles. The molecule has 0 unspecified atom stereocenters. The highest BCUT2D eigenvalue weighted by molar-refractivity contribution is 7.89. The summed E-state index contributed by atoms with van der Waals surface area (Å²) in [4.78, 5) is 12.6. The lowest BCUT2D eigenvalue weighted by Crippen LogP contribution is -2.38. The molecule has 134 valence electrons. The number of hydrogen-bond donors (Lipinski definition) is 1. The van der Waals surface area contributed by atoms with Crippen molar-refractivity contribution in [3.63, 3.8) is 0 Å². The van der Waals surface area contributed by atoms with Crippen LogP contribution >= 0.6 is 0 Å². The van der Waals surface area contributed by atoms with Crippen LogP contribution in [0.2, 0.25) is 0 Å². The Morgan fingerprint density at radius 3 is 2.38 bits per heavy atom. The van der Waals surface area contributed by atoms with Gasteiger partial charge in [-0.15, -0.1) is 0 Å². The van der Waals surface area contributed by atoms with Gasteiger partial charge in [0.2, 0.25) is 10.0 Å². The first-order valence-electron chi connectivity index (χ1n) is 8.60. The first kappa shape index (κ1) is 18.9. The predicted molar refractivity (Wildman–Crippen MR) is 95.4 cm³/mol. The lowest BCUT2D eigenvalue weighted by Gasteiger charge is -2.27.